The number of aromatic amines is 1. The molecule has 1 atom stereocenters. The number of nitro groups is 1. The Kier molecular flexibility index (Phi) is 4.31. The number of fused-ring (bicyclic) bond motifs is 1. The number of carbonyl (C=O) groups excluding carboxylic acids is 1. The van der Waals surface area contributed by atoms with Gasteiger partial charge in [-0.2, -0.15) is 0 Å². The predicted molar refractivity (Wildman–Crippen MR) is 71.5 cm³/mol. The number of hydrogen-bond donors (Lipinski definition) is 1. The number of methoxy groups -OCH3 is 1. The molecule has 0 spiro atoms. The van der Waals surface area contributed by atoms with Crippen molar-refractivity contribution in [1.29, 1.82) is 0 Å². The Morgan fingerprint density at radius 2 is 2.30 bits per heavy atom. The number of non-ortho nitro benzene ring substituents is 1. The molecule has 1 heterocycles. The second-order valence-electron chi connectivity index (χ2n) is 4.31. The Morgan fingerprint density at radius 3 is 2.95 bits per heavy atom. The second-order valence-corrected chi connectivity index (χ2v) is 4.31. The molecule has 2 rings (SSSR count). The van der Waals surface area contributed by atoms with Crippen LogP contribution in [0.1, 0.15) is 5.69 Å². The summed E-state index contributed by atoms with van der Waals surface area (Å²) in [6.07, 6.45) is -0.0251. The highest BCUT2D eigenvalue weighted by atomic mass is 16.6. The topological polar surface area (TPSA) is 94.5 Å². The monoisotopic (exact) mass is 278 g/mol. The number of nitrogens with zero attached hydrogens (tertiary/aromatic N) is 1. The van der Waals surface area contributed by atoms with E-state index < -0.39 is 11.0 Å². The number of carbonyl (C=O) groups is 1. The summed E-state index contributed by atoms with van der Waals surface area (Å²) >= 11 is 0. The van der Waals surface area contributed by atoms with Gasteiger partial charge in [0.05, 0.1) is 11.5 Å². The highest BCUT2D eigenvalue weighted by Gasteiger charge is 2.16. The molecule has 1 unspecified atom stereocenters. The van der Waals surface area contributed by atoms with Gasteiger partial charge in [0.2, 0.25) is 0 Å². The summed E-state index contributed by atoms with van der Waals surface area (Å²) in [4.78, 5) is 23.9. The van der Waals surface area contributed by atoms with Crippen molar-refractivity contribution in [1.82, 2.24) is 4.98 Å². The fraction of sp³-hybridized carbons (Fsp3) is 0.308. The minimum Gasteiger partial charge on any atom is -0.462 e. The maximum Gasteiger partial charge on any atom is 0.293 e. The van der Waals surface area contributed by atoms with Crippen LogP contribution in [0, 0.1) is 10.1 Å². The number of nitro benzene ring substituents is 1. The Morgan fingerprint density at radius 1 is 1.50 bits per heavy atom. The lowest BCUT2D eigenvalue weighted by atomic mass is 10.2. The number of rotatable bonds is 7. The van der Waals surface area contributed by atoms with Crippen LogP contribution in [0.5, 0.6) is 0 Å². The predicted octanol–water partition coefficient (Wildman–Crippen LogP) is 1.81. The summed E-state index contributed by atoms with van der Waals surface area (Å²) in [6.45, 7) is 0.630. The van der Waals surface area contributed by atoms with Gasteiger partial charge in [0.1, 0.15) is 11.6 Å². The smallest absolute Gasteiger partial charge is 0.293 e. The molecule has 2 aromatic rings. The Labute approximate surface area is 114 Å². The highest BCUT2D eigenvalue weighted by Crippen LogP contribution is 2.25. The van der Waals surface area contributed by atoms with E-state index in [1.807, 2.05) is 0 Å². The fourth-order valence-corrected chi connectivity index (χ4v) is 2.12. The first-order valence-corrected chi connectivity index (χ1v) is 5.98. The maximum absolute atomic E-state index is 10.9. The third-order valence-corrected chi connectivity index (χ3v) is 2.93. The largest absolute Gasteiger partial charge is 0.462 e. The third-order valence-electron chi connectivity index (χ3n) is 2.93. The number of nitrogens with one attached hydrogen (secondary N) is 1. The number of H-pyrrole nitrogens is 1. The van der Waals surface area contributed by atoms with Crippen LogP contribution in [-0.4, -0.2) is 36.2 Å². The third kappa shape index (κ3) is 2.94. The number of benzene rings is 1. The van der Waals surface area contributed by atoms with Crippen molar-refractivity contribution < 1.29 is 19.2 Å². The molecule has 0 amide bonds. The molecule has 7 nitrogen and oxygen atoms in total. The first-order chi connectivity index (χ1) is 9.65. The van der Waals surface area contributed by atoms with Crippen LogP contribution in [0.2, 0.25) is 0 Å². The van der Waals surface area contributed by atoms with Crippen molar-refractivity contribution in [2.75, 3.05) is 13.7 Å². The van der Waals surface area contributed by atoms with E-state index in [0.717, 1.165) is 11.1 Å². The van der Waals surface area contributed by atoms with E-state index in [2.05, 4.69) is 4.98 Å². The summed E-state index contributed by atoms with van der Waals surface area (Å²) in [5, 5.41) is 11.7. The lowest BCUT2D eigenvalue weighted by Crippen LogP contribution is -2.21. The van der Waals surface area contributed by atoms with Crippen LogP contribution in [0.3, 0.4) is 0 Å². The summed E-state index contributed by atoms with van der Waals surface area (Å²) in [7, 11) is 1.51. The zero-order valence-electron chi connectivity index (χ0n) is 10.9. The number of hydrogen-bond acceptors (Lipinski definition) is 5. The molecule has 0 aliphatic heterocycles. The van der Waals surface area contributed by atoms with Crippen LogP contribution in [-0.2, 0) is 20.7 Å². The Bertz CT molecular complexity index is 622. The molecule has 7 heteroatoms. The van der Waals surface area contributed by atoms with Crippen molar-refractivity contribution in [3.8, 4) is 0 Å². The Hall–Kier alpha value is -2.41. The average Bonchev–Trinajstić information content (AvgIpc) is 2.81. The standard InChI is InChI=1S/C13H14N2O5/c1-19-7-11(20-8-16)6-10-5-9-3-2-4-12(15(17)18)13(9)14-10/h2-5,8,11,14H,6-7H2,1H3. The molecule has 0 radical (unpaired) electrons. The minimum absolute atomic E-state index is 0.0216. The first-order valence-electron chi connectivity index (χ1n) is 5.98. The van der Waals surface area contributed by atoms with E-state index in [4.69, 9.17) is 9.47 Å². The molecule has 1 aromatic carbocycles. The van der Waals surface area contributed by atoms with Crippen LogP contribution in [0.15, 0.2) is 24.3 Å². The molecule has 0 aliphatic carbocycles. The molecule has 1 aromatic heterocycles. The summed E-state index contributed by atoms with van der Waals surface area (Å²) in [5.74, 6) is 0. The van der Waals surface area contributed by atoms with E-state index in [0.29, 0.717) is 18.4 Å². The van der Waals surface area contributed by atoms with Gasteiger partial charge in [0.25, 0.3) is 12.2 Å². The van der Waals surface area contributed by atoms with E-state index in [1.165, 1.54) is 13.2 Å². The second kappa shape index (κ2) is 6.16. The number of aromatic nitrogens is 1. The van der Waals surface area contributed by atoms with Crippen molar-refractivity contribution in [3.63, 3.8) is 0 Å². The average molecular weight is 278 g/mol. The number of para-hydroxylation sites is 1. The summed E-state index contributed by atoms with van der Waals surface area (Å²) < 4.78 is 9.86. The van der Waals surface area contributed by atoms with Crippen molar-refractivity contribution in [3.05, 3.63) is 40.1 Å². The molecule has 0 saturated heterocycles. The normalized spacial score (nSPS) is 12.2. The van der Waals surface area contributed by atoms with Gasteiger partial charge in [-0.15, -0.1) is 0 Å². The van der Waals surface area contributed by atoms with Gasteiger partial charge in [-0.1, -0.05) is 12.1 Å². The van der Waals surface area contributed by atoms with Crippen molar-refractivity contribution >= 4 is 23.1 Å². The molecule has 1 N–H and O–H groups in total. The van der Waals surface area contributed by atoms with E-state index in [9.17, 15) is 14.9 Å². The van der Waals surface area contributed by atoms with Crippen LogP contribution in [0.4, 0.5) is 5.69 Å². The minimum atomic E-state index is -0.433. The molecule has 0 saturated carbocycles. The van der Waals surface area contributed by atoms with Crippen molar-refractivity contribution in [2.45, 2.75) is 12.5 Å². The van der Waals surface area contributed by atoms with Crippen LogP contribution >= 0.6 is 0 Å². The SMILES string of the molecule is COCC(Cc1cc2cccc([N+](=O)[O-])c2[nH]1)OC=O. The van der Waals surface area contributed by atoms with Gasteiger partial charge < -0.3 is 14.5 Å². The van der Waals surface area contributed by atoms with Gasteiger partial charge in [-0.05, 0) is 6.07 Å². The fourth-order valence-electron chi connectivity index (χ4n) is 2.12. The van der Waals surface area contributed by atoms with Gasteiger partial charge in [0.15, 0.2) is 0 Å². The molecule has 0 aliphatic rings. The van der Waals surface area contributed by atoms with Gasteiger partial charge in [0, 0.05) is 30.7 Å². The molecule has 0 fully saturated rings. The zero-order valence-corrected chi connectivity index (χ0v) is 10.9. The zero-order chi connectivity index (χ0) is 14.5. The van der Waals surface area contributed by atoms with Crippen molar-refractivity contribution in [2.24, 2.45) is 0 Å². The lowest BCUT2D eigenvalue weighted by molar-refractivity contribution is -0.383. The van der Waals surface area contributed by atoms with E-state index in [-0.39, 0.29) is 12.3 Å². The van der Waals surface area contributed by atoms with Gasteiger partial charge >= 0.3 is 0 Å². The lowest BCUT2D eigenvalue weighted by Gasteiger charge is -2.12. The molecular formula is C13H14N2O5. The van der Waals surface area contributed by atoms with Crippen LogP contribution < -0.4 is 0 Å². The Balaban J connectivity index is 2.29. The molecule has 0 bridgehead atoms. The highest BCUT2D eigenvalue weighted by molar-refractivity contribution is 5.88. The van der Waals surface area contributed by atoms with Gasteiger partial charge in [-0.25, -0.2) is 0 Å². The molecule has 106 valence electrons. The first kappa shape index (κ1) is 14.0. The quantitative estimate of drug-likeness (QED) is 0.473. The summed E-state index contributed by atoms with van der Waals surface area (Å²) in [6, 6.07) is 6.66. The van der Waals surface area contributed by atoms with E-state index in [1.54, 1.807) is 18.2 Å². The molecule has 20 heavy (non-hydrogen) atoms. The van der Waals surface area contributed by atoms with Crippen LogP contribution in [0.25, 0.3) is 10.9 Å². The number of ether oxygens (including phenoxy) is 2. The summed E-state index contributed by atoms with van der Waals surface area (Å²) in [5.41, 5.74) is 1.24. The maximum atomic E-state index is 10.9. The van der Waals surface area contributed by atoms with E-state index >= 15 is 0 Å². The van der Waals surface area contributed by atoms with Gasteiger partial charge in [-0.3, -0.25) is 14.9 Å². The molecular weight excluding hydrogens is 264 g/mol.